The Kier molecular flexibility index (Phi) is 19.5. The Labute approximate surface area is 738 Å². The molecule has 0 aliphatic heterocycles. The summed E-state index contributed by atoms with van der Waals surface area (Å²) in [4.78, 5) is 62.5. The number of nitrogens with zero attached hydrogens (tertiary/aromatic N) is 13. The molecule has 16 nitrogen and oxygen atoms in total. The van der Waals surface area contributed by atoms with Gasteiger partial charge in [0.15, 0.2) is 52.4 Å². The quantitative estimate of drug-likeness (QED) is 0.105. The molecule has 0 unspecified atom stereocenters. The molecule has 0 saturated carbocycles. The molecule has 604 valence electrons. The van der Waals surface area contributed by atoms with Gasteiger partial charge in [0.2, 0.25) is 0 Å². The molecule has 0 fully saturated rings. The van der Waals surface area contributed by atoms with Crippen LogP contribution in [-0.4, -0.2) is 64.8 Å². The van der Waals surface area contributed by atoms with Gasteiger partial charge < -0.3 is 13.3 Å². The van der Waals surface area contributed by atoms with Crippen LogP contribution in [0.2, 0.25) is 0 Å². The van der Waals surface area contributed by atoms with Crippen LogP contribution in [0.15, 0.2) is 432 Å². The number of furan rings is 3. The summed E-state index contributed by atoms with van der Waals surface area (Å²) in [7, 11) is 0. The lowest BCUT2D eigenvalue weighted by molar-refractivity contribution is 0.668. The molecule has 0 bridgehead atoms. The zero-order valence-electron chi connectivity index (χ0n) is 68.9. The third-order valence-corrected chi connectivity index (χ3v) is 23.3. The number of hydrogen-bond donors (Lipinski definition) is 0. The Morgan fingerprint density at radius 2 is 0.457 bits per heavy atom. The molecule has 0 amide bonds. The van der Waals surface area contributed by atoms with Gasteiger partial charge in [0.25, 0.3) is 0 Å². The first-order chi connectivity index (χ1) is 63.9. The van der Waals surface area contributed by atoms with E-state index in [-0.39, 0.29) is 0 Å². The summed E-state index contributed by atoms with van der Waals surface area (Å²) < 4.78 is 18.6. The van der Waals surface area contributed by atoms with Crippen LogP contribution in [-0.2, 0) is 0 Å². The van der Waals surface area contributed by atoms with Crippen molar-refractivity contribution < 1.29 is 13.3 Å². The Morgan fingerprint density at radius 3 is 0.938 bits per heavy atom. The van der Waals surface area contributed by atoms with Crippen LogP contribution < -0.4 is 0 Å². The first-order valence-electron chi connectivity index (χ1n) is 42.4. The van der Waals surface area contributed by atoms with Crippen molar-refractivity contribution in [2.24, 2.45) is 0 Å². The molecule has 0 aliphatic carbocycles. The molecule has 0 atom stereocenters. The lowest BCUT2D eigenvalue weighted by atomic mass is 9.97. The predicted molar refractivity (Wildman–Crippen MR) is 516 cm³/mol. The Bertz CT molecular complexity index is 8230. The van der Waals surface area contributed by atoms with E-state index in [0.29, 0.717) is 52.4 Å². The van der Waals surface area contributed by atoms with Gasteiger partial charge in [-0.05, 0) is 99.8 Å². The Hall–Kier alpha value is -17.9. The van der Waals surface area contributed by atoms with Gasteiger partial charge in [-0.2, -0.15) is 0 Å². The molecule has 0 spiro atoms. The fourth-order valence-corrected chi connectivity index (χ4v) is 16.9. The lowest BCUT2D eigenvalue weighted by Gasteiger charge is -2.10. The molecular weight excluding hydrogens is 1590 g/mol. The third kappa shape index (κ3) is 14.9. The van der Waals surface area contributed by atoms with Gasteiger partial charge in [-0.1, -0.05) is 340 Å². The maximum Gasteiger partial charge on any atom is 0.164 e. The number of benzene rings is 17. The SMILES string of the molecule is c1ccc(-c2nc(-c3ccc(-c4ncnc5ccccc45)cc3)nc(-c3ccc(-c4ncnc5ccccc45)cc3)n2)cc1.c1ccc(-c2nc(-c3ccccc3)nc(-c3ccc(-c4cccc(-c5ccc6c(c5)oc5ccccc56)c4)cc3)n2)cc1.c1ccc2cc(-c3nc(-c4cccc5oc6ccccc6c45)nc(-c4cccc5oc6ccccc6c45)n3)ccc2c1. The number of para-hydroxylation sites is 5. The van der Waals surface area contributed by atoms with Crippen LogP contribution in [0.1, 0.15) is 0 Å². The van der Waals surface area contributed by atoms with E-state index in [4.69, 9.17) is 58.1 Å². The van der Waals surface area contributed by atoms with Crippen molar-refractivity contribution in [3.05, 3.63) is 419 Å². The van der Waals surface area contributed by atoms with Crippen LogP contribution >= 0.6 is 0 Å². The van der Waals surface area contributed by atoms with Crippen molar-refractivity contribution in [2.75, 3.05) is 0 Å². The maximum absolute atomic E-state index is 6.20. The molecule has 8 heterocycles. The number of rotatable bonds is 13. The van der Waals surface area contributed by atoms with Crippen molar-refractivity contribution in [1.82, 2.24) is 64.8 Å². The first-order valence-corrected chi connectivity index (χ1v) is 42.4. The van der Waals surface area contributed by atoms with E-state index in [0.717, 1.165) is 188 Å². The van der Waals surface area contributed by atoms with Gasteiger partial charge in [-0.25, -0.2) is 64.8 Å². The summed E-state index contributed by atoms with van der Waals surface area (Å²) in [6.45, 7) is 0. The van der Waals surface area contributed by atoms with E-state index < -0.39 is 0 Å². The van der Waals surface area contributed by atoms with Gasteiger partial charge in [0.05, 0.1) is 22.4 Å². The summed E-state index contributed by atoms with van der Waals surface area (Å²) in [5.41, 5.74) is 23.4. The highest BCUT2D eigenvalue weighted by molar-refractivity contribution is 6.14. The Balaban J connectivity index is 0.000000110. The predicted octanol–water partition coefficient (Wildman–Crippen LogP) is 28.0. The molecule has 16 heteroatoms. The molecule has 8 aromatic heterocycles. The number of aromatic nitrogens is 13. The topological polar surface area (TPSA) is 207 Å². The first kappa shape index (κ1) is 76.0. The van der Waals surface area contributed by atoms with Crippen LogP contribution in [0.4, 0.5) is 0 Å². The lowest BCUT2D eigenvalue weighted by Crippen LogP contribution is -2.00. The second-order valence-corrected chi connectivity index (χ2v) is 31.2. The highest BCUT2D eigenvalue weighted by atomic mass is 16.3. The molecule has 0 aliphatic rings. The largest absolute Gasteiger partial charge is 0.456 e. The van der Waals surface area contributed by atoms with E-state index in [9.17, 15) is 0 Å². The van der Waals surface area contributed by atoms with E-state index in [1.54, 1.807) is 12.7 Å². The third-order valence-electron chi connectivity index (χ3n) is 23.3. The van der Waals surface area contributed by atoms with Gasteiger partial charge >= 0.3 is 0 Å². The summed E-state index contributed by atoms with van der Waals surface area (Å²) >= 11 is 0. The normalized spacial score (nSPS) is 11.4. The van der Waals surface area contributed by atoms with E-state index in [1.165, 1.54) is 5.39 Å². The summed E-state index contributed by atoms with van der Waals surface area (Å²) in [5, 5.41) is 10.6. The number of fused-ring (bicyclic) bond motifs is 12. The summed E-state index contributed by atoms with van der Waals surface area (Å²) in [6, 6.07) is 137. The van der Waals surface area contributed by atoms with Crippen LogP contribution in [0.3, 0.4) is 0 Å². The molecule has 25 aromatic rings. The molecule has 25 rings (SSSR count). The van der Waals surface area contributed by atoms with E-state index in [2.05, 4.69) is 172 Å². The number of hydrogen-bond acceptors (Lipinski definition) is 16. The van der Waals surface area contributed by atoms with Crippen LogP contribution in [0.5, 0.6) is 0 Å². The minimum atomic E-state index is 0.588. The molecule has 129 heavy (non-hydrogen) atoms. The Morgan fingerprint density at radius 1 is 0.155 bits per heavy atom. The van der Waals surface area contributed by atoms with E-state index in [1.807, 2.05) is 255 Å². The average Bonchev–Trinajstić information content (AvgIpc) is 1.58. The summed E-state index contributed by atoms with van der Waals surface area (Å²) in [6.07, 6.45) is 3.21. The molecule has 17 aromatic carbocycles. The van der Waals surface area contributed by atoms with Crippen LogP contribution in [0, 0.1) is 0 Å². The maximum atomic E-state index is 6.20. The standard InChI is InChI=1S/C39H25N3O.C37H23N7.C37H21N3O2/c1-3-10-27(11-4-1)37-40-38(28-12-5-2-6-13-28)42-39(41-37)29-20-18-26(19-21-29)30-14-9-15-31(24-30)32-22-23-34-33-16-7-8-17-35(33)43-36(34)25-32;1-2-8-26(9-3-1)35-42-36(27-18-14-24(15-19-27)33-29-10-4-6-12-31(29)38-22-40-33)44-37(43-35)28-20-16-25(17-21-28)34-30-11-5-7-13-32(30)39-23-41-34;1-2-10-23-21-24(20-19-22(23)9-1)35-38-36(27-13-7-17-31-33(27)25-11-3-5-15-29(25)41-31)40-37(39-35)28-14-8-18-32-34(28)26-12-4-6-16-30(26)42-32/h1-25H;1-23H;1-21H. The highest BCUT2D eigenvalue weighted by Gasteiger charge is 2.23. The fourth-order valence-electron chi connectivity index (χ4n) is 16.9. The van der Waals surface area contributed by atoms with E-state index >= 15 is 0 Å². The van der Waals surface area contributed by atoms with Gasteiger partial charge in [-0.3, -0.25) is 0 Å². The minimum Gasteiger partial charge on any atom is -0.456 e. The zero-order valence-corrected chi connectivity index (χ0v) is 68.9. The molecular formula is C113H69N13O3. The smallest absolute Gasteiger partial charge is 0.164 e. The summed E-state index contributed by atoms with van der Waals surface area (Å²) in [5.74, 6) is 5.54. The van der Waals surface area contributed by atoms with Crippen molar-refractivity contribution in [3.63, 3.8) is 0 Å². The molecule has 0 N–H and O–H groups in total. The fraction of sp³-hybridized carbons (Fsp3) is 0. The van der Waals surface area contributed by atoms with Crippen molar-refractivity contribution in [1.29, 1.82) is 0 Å². The molecule has 0 saturated heterocycles. The van der Waals surface area contributed by atoms with Crippen molar-refractivity contribution in [2.45, 2.75) is 0 Å². The zero-order chi connectivity index (χ0) is 85.5. The van der Waals surface area contributed by atoms with Gasteiger partial charge in [0.1, 0.15) is 46.2 Å². The monoisotopic (exact) mass is 1660 g/mol. The minimum absolute atomic E-state index is 0.588. The average molecular weight is 1660 g/mol. The van der Waals surface area contributed by atoms with Gasteiger partial charge in [0, 0.05) is 104 Å². The van der Waals surface area contributed by atoms with Gasteiger partial charge in [-0.15, -0.1) is 0 Å². The van der Waals surface area contributed by atoms with Crippen molar-refractivity contribution in [3.8, 4) is 147 Å². The second-order valence-electron chi connectivity index (χ2n) is 31.2. The second kappa shape index (κ2) is 33.1. The molecule has 0 radical (unpaired) electrons. The van der Waals surface area contributed by atoms with Crippen LogP contribution in [0.25, 0.3) is 246 Å². The van der Waals surface area contributed by atoms with Crippen molar-refractivity contribution >= 4 is 98.4 Å². The highest BCUT2D eigenvalue weighted by Crippen LogP contribution is 2.42.